The average molecular weight is 502 g/mol. The number of pyridine rings is 2. The van der Waals surface area contributed by atoms with Crippen LogP contribution in [0.15, 0.2) is 48.5 Å². The van der Waals surface area contributed by atoms with Crippen molar-refractivity contribution < 1.29 is 27.4 Å². The number of anilines is 1. The maximum absolute atomic E-state index is 13.4. The number of rotatable bonds is 6. The van der Waals surface area contributed by atoms with E-state index in [2.05, 4.69) is 25.9 Å². The van der Waals surface area contributed by atoms with E-state index in [1.165, 1.54) is 0 Å². The number of ether oxygens (including phenoxy) is 2. The summed E-state index contributed by atoms with van der Waals surface area (Å²) in [5, 5.41) is 9.93. The molecule has 5 rings (SSSR count). The highest BCUT2D eigenvalue weighted by Crippen LogP contribution is 2.34. The zero-order valence-electron chi connectivity index (χ0n) is 19.3. The molecule has 1 aliphatic heterocycles. The fourth-order valence-corrected chi connectivity index (χ4v) is 4.58. The molecule has 1 unspecified atom stereocenters. The van der Waals surface area contributed by atoms with E-state index in [-0.39, 0.29) is 35.4 Å². The number of halogens is 3. The van der Waals surface area contributed by atoms with Crippen molar-refractivity contribution in [2.24, 2.45) is 0 Å². The van der Waals surface area contributed by atoms with Crippen molar-refractivity contribution in [2.75, 3.05) is 18.7 Å². The van der Waals surface area contributed by atoms with Gasteiger partial charge in [0, 0.05) is 29.2 Å². The maximum atomic E-state index is 13.4. The highest BCUT2D eigenvalue weighted by Gasteiger charge is 2.34. The van der Waals surface area contributed by atoms with Crippen molar-refractivity contribution >= 4 is 22.5 Å². The molecule has 8 nitrogen and oxygen atoms in total. The van der Waals surface area contributed by atoms with Gasteiger partial charge in [-0.3, -0.25) is 10.1 Å². The Balaban J connectivity index is 1.26. The number of carbonyl (C=O) groups excluding carboxylic acids is 1. The Kier molecular flexibility index (Phi) is 6.92. The quantitative estimate of drug-likeness (QED) is 0.468. The van der Waals surface area contributed by atoms with Gasteiger partial charge in [0.2, 0.25) is 5.88 Å². The predicted molar refractivity (Wildman–Crippen MR) is 126 cm³/mol. The van der Waals surface area contributed by atoms with Crippen LogP contribution in [0.3, 0.4) is 0 Å². The summed E-state index contributed by atoms with van der Waals surface area (Å²) in [6.45, 7) is 0.792. The van der Waals surface area contributed by atoms with E-state index in [0.717, 1.165) is 25.3 Å². The highest BCUT2D eigenvalue weighted by atomic mass is 19.4. The number of fused-ring (bicyclic) bond motifs is 1. The topological polar surface area (TPSA) is 97.4 Å². The summed E-state index contributed by atoms with van der Waals surface area (Å²) >= 11 is 0. The lowest BCUT2D eigenvalue weighted by atomic mass is 9.90. The third-order valence-corrected chi connectivity index (χ3v) is 6.28. The Morgan fingerprint density at radius 2 is 1.92 bits per heavy atom. The predicted octanol–water partition coefficient (Wildman–Crippen LogP) is 4.08. The van der Waals surface area contributed by atoms with E-state index in [9.17, 15) is 18.0 Å². The Morgan fingerprint density at radius 3 is 2.72 bits per heavy atom. The molecule has 3 N–H and O–H groups in total. The van der Waals surface area contributed by atoms with Crippen LogP contribution in [-0.2, 0) is 10.9 Å². The lowest BCUT2D eigenvalue weighted by Gasteiger charge is -2.31. The number of alkyl halides is 3. The van der Waals surface area contributed by atoms with Crippen LogP contribution < -0.4 is 20.7 Å². The van der Waals surface area contributed by atoms with Gasteiger partial charge in [-0.15, -0.1) is 0 Å². The first-order valence-electron chi connectivity index (χ1n) is 11.8. The highest BCUT2D eigenvalue weighted by molar-refractivity contribution is 5.93. The minimum absolute atomic E-state index is 0.105. The first kappa shape index (κ1) is 24.3. The van der Waals surface area contributed by atoms with Crippen LogP contribution in [0.5, 0.6) is 5.88 Å². The molecule has 190 valence electrons. The van der Waals surface area contributed by atoms with E-state index in [1.54, 1.807) is 42.5 Å². The van der Waals surface area contributed by atoms with Crippen LogP contribution in [0.1, 0.15) is 41.9 Å². The van der Waals surface area contributed by atoms with Gasteiger partial charge in [-0.05, 0) is 43.9 Å². The van der Waals surface area contributed by atoms with Gasteiger partial charge in [-0.2, -0.15) is 13.2 Å². The average Bonchev–Trinajstić information content (AvgIpc) is 3.37. The molecule has 3 aromatic rings. The van der Waals surface area contributed by atoms with Crippen LogP contribution in [0.25, 0.3) is 10.9 Å². The summed E-state index contributed by atoms with van der Waals surface area (Å²) < 4.78 is 51.1. The molecule has 1 saturated carbocycles. The van der Waals surface area contributed by atoms with Crippen LogP contribution in [0, 0.1) is 0 Å². The first-order chi connectivity index (χ1) is 17.3. The number of amides is 1. The molecule has 36 heavy (non-hydrogen) atoms. The summed E-state index contributed by atoms with van der Waals surface area (Å²) in [6.07, 6.45) is -1.92. The number of nitrogens with one attached hydrogen (secondary N) is 3. The lowest BCUT2D eigenvalue weighted by molar-refractivity contribution is -0.140. The SMILES string of the molecule is O=C(N[C@@H]1CCC[C@H](Nc2cc(C(F)(F)F)nc3ccccc23)C1)c1cccc(OC2COCN2)n1. The molecule has 2 fully saturated rings. The Morgan fingerprint density at radius 1 is 1.08 bits per heavy atom. The fourth-order valence-electron chi connectivity index (χ4n) is 4.58. The third-order valence-electron chi connectivity index (χ3n) is 6.28. The molecule has 1 aliphatic carbocycles. The van der Waals surface area contributed by atoms with Crippen LogP contribution in [0.4, 0.5) is 18.9 Å². The number of aromatic nitrogens is 2. The molecular formula is C25H26F3N5O3. The van der Waals surface area contributed by atoms with Gasteiger partial charge in [0.05, 0.1) is 18.9 Å². The summed E-state index contributed by atoms with van der Waals surface area (Å²) in [5.41, 5.74) is -0.0303. The zero-order chi connectivity index (χ0) is 25.1. The molecule has 2 aromatic heterocycles. The van der Waals surface area contributed by atoms with Crippen molar-refractivity contribution in [3.05, 3.63) is 59.9 Å². The molecule has 0 bridgehead atoms. The van der Waals surface area contributed by atoms with E-state index < -0.39 is 11.9 Å². The third kappa shape index (κ3) is 5.68. The second kappa shape index (κ2) is 10.3. The monoisotopic (exact) mass is 501 g/mol. The molecule has 3 heterocycles. The van der Waals surface area contributed by atoms with Gasteiger partial charge in [-0.25, -0.2) is 9.97 Å². The standard InChI is InChI=1S/C25H26F3N5O3/c26-25(27,28)21-12-20(17-7-1-2-8-18(17)32-21)30-15-5-3-6-16(11-15)31-24(34)19-9-4-10-22(33-19)36-23-13-35-14-29-23/h1-2,4,7-10,12,15-16,23,29H,3,5-6,11,13-14H2,(H,30,32)(H,31,34)/t15-,16+,23?/m0/s1. The molecule has 2 aliphatic rings. The van der Waals surface area contributed by atoms with E-state index >= 15 is 0 Å². The number of para-hydroxylation sites is 1. The molecule has 1 aromatic carbocycles. The minimum atomic E-state index is -4.55. The normalized spacial score (nSPS) is 22.4. The van der Waals surface area contributed by atoms with Gasteiger partial charge in [-0.1, -0.05) is 24.3 Å². The summed E-state index contributed by atoms with van der Waals surface area (Å²) in [4.78, 5) is 20.9. The lowest BCUT2D eigenvalue weighted by Crippen LogP contribution is -2.42. The van der Waals surface area contributed by atoms with Gasteiger partial charge >= 0.3 is 6.18 Å². The van der Waals surface area contributed by atoms with E-state index in [4.69, 9.17) is 9.47 Å². The molecule has 0 radical (unpaired) electrons. The first-order valence-corrected chi connectivity index (χ1v) is 11.8. The Labute approximate surface area is 205 Å². The summed E-state index contributed by atoms with van der Waals surface area (Å²) in [7, 11) is 0. The fraction of sp³-hybridized carbons (Fsp3) is 0.400. The number of hydrogen-bond acceptors (Lipinski definition) is 7. The second-order valence-electron chi connectivity index (χ2n) is 8.94. The largest absolute Gasteiger partial charge is 0.456 e. The van der Waals surface area contributed by atoms with Crippen molar-refractivity contribution in [1.29, 1.82) is 0 Å². The number of benzene rings is 1. The van der Waals surface area contributed by atoms with Crippen LogP contribution in [0.2, 0.25) is 0 Å². The van der Waals surface area contributed by atoms with Gasteiger partial charge in [0.15, 0.2) is 6.23 Å². The van der Waals surface area contributed by atoms with Crippen molar-refractivity contribution in [3.8, 4) is 5.88 Å². The van der Waals surface area contributed by atoms with Crippen molar-refractivity contribution in [1.82, 2.24) is 20.6 Å². The number of carbonyl (C=O) groups is 1. The smallest absolute Gasteiger partial charge is 0.433 e. The molecular weight excluding hydrogens is 475 g/mol. The van der Waals surface area contributed by atoms with E-state index in [0.29, 0.717) is 36.7 Å². The van der Waals surface area contributed by atoms with Crippen molar-refractivity contribution in [3.63, 3.8) is 0 Å². The summed E-state index contributed by atoms with van der Waals surface area (Å²) in [6, 6.07) is 12.6. The van der Waals surface area contributed by atoms with Crippen LogP contribution >= 0.6 is 0 Å². The van der Waals surface area contributed by atoms with Gasteiger partial charge in [0.1, 0.15) is 11.4 Å². The Hall–Kier alpha value is -3.44. The minimum Gasteiger partial charge on any atom is -0.456 e. The number of hydrogen-bond donors (Lipinski definition) is 3. The Bertz CT molecular complexity index is 1230. The van der Waals surface area contributed by atoms with E-state index in [1.807, 2.05) is 0 Å². The van der Waals surface area contributed by atoms with Crippen LogP contribution in [-0.4, -0.2) is 47.5 Å². The van der Waals surface area contributed by atoms with Crippen molar-refractivity contribution in [2.45, 2.75) is 50.2 Å². The zero-order valence-corrected chi connectivity index (χ0v) is 19.3. The van der Waals surface area contributed by atoms with Gasteiger partial charge < -0.3 is 20.1 Å². The molecule has 11 heteroatoms. The maximum Gasteiger partial charge on any atom is 0.433 e. The second-order valence-corrected chi connectivity index (χ2v) is 8.94. The molecule has 0 spiro atoms. The molecule has 3 atom stereocenters. The molecule has 1 saturated heterocycles. The number of nitrogens with zero attached hydrogens (tertiary/aromatic N) is 2. The molecule has 1 amide bonds. The summed E-state index contributed by atoms with van der Waals surface area (Å²) in [5.74, 6) is -0.00526. The van der Waals surface area contributed by atoms with Gasteiger partial charge in [0.25, 0.3) is 5.91 Å².